The summed E-state index contributed by atoms with van der Waals surface area (Å²) in [6.45, 7) is 4.47. The van der Waals surface area contributed by atoms with Gasteiger partial charge in [0.2, 0.25) is 0 Å². The van der Waals surface area contributed by atoms with Gasteiger partial charge in [-0.3, -0.25) is 4.98 Å². The van der Waals surface area contributed by atoms with Crippen molar-refractivity contribution in [3.63, 3.8) is 0 Å². The summed E-state index contributed by atoms with van der Waals surface area (Å²) in [6.07, 6.45) is 8.18. The number of hydrogen-bond donors (Lipinski definition) is 0. The van der Waals surface area contributed by atoms with Crippen molar-refractivity contribution >= 4 is 12.2 Å². The van der Waals surface area contributed by atoms with Gasteiger partial charge in [-0.1, -0.05) is 50.3 Å². The van der Waals surface area contributed by atoms with Crippen LogP contribution in [0.4, 0.5) is 0 Å². The molecule has 0 radical (unpaired) electrons. The first-order valence-corrected chi connectivity index (χ1v) is 7.45. The number of rotatable bonds is 6. The Balaban J connectivity index is 2.13. The van der Waals surface area contributed by atoms with Gasteiger partial charge in [0.05, 0.1) is 12.8 Å². The minimum Gasteiger partial charge on any atom is -0.496 e. The van der Waals surface area contributed by atoms with E-state index in [1.165, 1.54) is 11.1 Å². The number of aromatic nitrogens is 1. The first-order valence-electron chi connectivity index (χ1n) is 7.45. The average molecular weight is 281 g/mol. The van der Waals surface area contributed by atoms with Crippen LogP contribution in [0.2, 0.25) is 0 Å². The highest BCUT2D eigenvalue weighted by atomic mass is 16.5. The third-order valence-electron chi connectivity index (χ3n) is 3.42. The molecule has 0 unspecified atom stereocenters. The Kier molecular flexibility index (Phi) is 5.56. The lowest BCUT2D eigenvalue weighted by atomic mass is 10.0. The summed E-state index contributed by atoms with van der Waals surface area (Å²) in [7, 11) is 1.72. The minimum atomic E-state index is 0.687. The van der Waals surface area contributed by atoms with Gasteiger partial charge in [-0.2, -0.15) is 0 Å². The van der Waals surface area contributed by atoms with E-state index >= 15 is 0 Å². The van der Waals surface area contributed by atoms with Crippen LogP contribution in [0.25, 0.3) is 12.2 Å². The van der Waals surface area contributed by atoms with Gasteiger partial charge in [0.25, 0.3) is 0 Å². The fraction of sp³-hybridized carbons (Fsp3) is 0.316. The van der Waals surface area contributed by atoms with Crippen LogP contribution in [-0.2, 0) is 6.42 Å². The van der Waals surface area contributed by atoms with Gasteiger partial charge < -0.3 is 4.74 Å². The molecule has 1 aromatic heterocycles. The second-order valence-corrected chi connectivity index (χ2v) is 5.60. The summed E-state index contributed by atoms with van der Waals surface area (Å²) in [5.41, 5.74) is 3.27. The molecule has 0 amide bonds. The molecule has 2 heteroatoms. The zero-order chi connectivity index (χ0) is 15.1. The number of hydrogen-bond acceptors (Lipinski definition) is 2. The van der Waals surface area contributed by atoms with E-state index in [9.17, 15) is 0 Å². The highest BCUT2D eigenvalue weighted by molar-refractivity contribution is 5.68. The van der Waals surface area contributed by atoms with Gasteiger partial charge in [0.15, 0.2) is 0 Å². The summed E-state index contributed by atoms with van der Waals surface area (Å²) < 4.78 is 5.50. The van der Waals surface area contributed by atoms with Gasteiger partial charge in [0, 0.05) is 17.8 Å². The molecule has 2 aromatic rings. The standard InChI is InChI=1S/C19H23NO/c1-15(2)9-11-17-14-20-18(13-19(17)21-3)12-10-16-7-5-4-6-8-16/h4-8,10,12-15H,9,11H2,1-3H3/b12-10+. The van der Waals surface area contributed by atoms with Gasteiger partial charge >= 0.3 is 0 Å². The summed E-state index contributed by atoms with van der Waals surface area (Å²) in [4.78, 5) is 4.51. The van der Waals surface area contributed by atoms with E-state index in [2.05, 4.69) is 37.0 Å². The predicted octanol–water partition coefficient (Wildman–Crippen LogP) is 4.85. The van der Waals surface area contributed by atoms with Crippen molar-refractivity contribution in [2.75, 3.05) is 7.11 Å². The van der Waals surface area contributed by atoms with Crippen LogP contribution in [0.15, 0.2) is 42.6 Å². The van der Waals surface area contributed by atoms with E-state index in [1.807, 2.05) is 36.5 Å². The molecular weight excluding hydrogens is 258 g/mol. The third-order valence-corrected chi connectivity index (χ3v) is 3.42. The topological polar surface area (TPSA) is 22.1 Å². The Bertz CT molecular complexity index is 588. The number of benzene rings is 1. The molecule has 0 spiro atoms. The zero-order valence-corrected chi connectivity index (χ0v) is 13.0. The maximum Gasteiger partial charge on any atom is 0.125 e. The second kappa shape index (κ2) is 7.63. The highest BCUT2D eigenvalue weighted by Crippen LogP contribution is 2.22. The van der Waals surface area contributed by atoms with E-state index in [4.69, 9.17) is 4.74 Å². The molecule has 0 bridgehead atoms. The number of ether oxygens (including phenoxy) is 1. The van der Waals surface area contributed by atoms with Crippen molar-refractivity contribution in [3.05, 3.63) is 59.4 Å². The van der Waals surface area contributed by atoms with Gasteiger partial charge in [-0.15, -0.1) is 0 Å². The average Bonchev–Trinajstić information content (AvgIpc) is 2.52. The van der Waals surface area contributed by atoms with Crippen LogP contribution in [0, 0.1) is 5.92 Å². The number of nitrogens with zero attached hydrogens (tertiary/aromatic N) is 1. The fourth-order valence-electron chi connectivity index (χ4n) is 2.14. The Morgan fingerprint density at radius 3 is 2.57 bits per heavy atom. The Morgan fingerprint density at radius 2 is 1.90 bits per heavy atom. The number of aryl methyl sites for hydroxylation is 1. The van der Waals surface area contributed by atoms with Crippen molar-refractivity contribution in [3.8, 4) is 5.75 Å². The Morgan fingerprint density at radius 1 is 1.14 bits per heavy atom. The maximum atomic E-state index is 5.50. The Hall–Kier alpha value is -2.09. The minimum absolute atomic E-state index is 0.687. The molecule has 1 heterocycles. The van der Waals surface area contributed by atoms with Crippen molar-refractivity contribution in [1.82, 2.24) is 4.98 Å². The number of pyridine rings is 1. The van der Waals surface area contributed by atoms with E-state index in [0.29, 0.717) is 5.92 Å². The monoisotopic (exact) mass is 281 g/mol. The van der Waals surface area contributed by atoms with Gasteiger partial charge in [-0.25, -0.2) is 0 Å². The van der Waals surface area contributed by atoms with Crippen molar-refractivity contribution in [2.45, 2.75) is 26.7 Å². The molecular formula is C19H23NO. The lowest BCUT2D eigenvalue weighted by Gasteiger charge is -2.10. The lowest BCUT2D eigenvalue weighted by Crippen LogP contribution is -1.98. The molecule has 0 aliphatic heterocycles. The summed E-state index contributed by atoms with van der Waals surface area (Å²) in [6, 6.07) is 12.2. The molecule has 0 N–H and O–H groups in total. The molecule has 2 nitrogen and oxygen atoms in total. The first-order chi connectivity index (χ1) is 10.2. The highest BCUT2D eigenvalue weighted by Gasteiger charge is 2.05. The smallest absolute Gasteiger partial charge is 0.125 e. The molecule has 0 saturated carbocycles. The molecule has 110 valence electrons. The second-order valence-electron chi connectivity index (χ2n) is 5.60. The molecule has 0 fully saturated rings. The van der Waals surface area contributed by atoms with Crippen LogP contribution in [-0.4, -0.2) is 12.1 Å². The van der Waals surface area contributed by atoms with Crippen molar-refractivity contribution in [1.29, 1.82) is 0 Å². The summed E-state index contributed by atoms with van der Waals surface area (Å²) >= 11 is 0. The molecule has 0 aliphatic carbocycles. The van der Waals surface area contributed by atoms with Gasteiger partial charge in [0.1, 0.15) is 5.75 Å². The van der Waals surface area contributed by atoms with E-state index in [0.717, 1.165) is 24.3 Å². The normalized spacial score (nSPS) is 11.2. The summed E-state index contributed by atoms with van der Waals surface area (Å²) in [5.74, 6) is 1.62. The molecule has 0 saturated heterocycles. The van der Waals surface area contributed by atoms with E-state index in [1.54, 1.807) is 7.11 Å². The quantitative estimate of drug-likeness (QED) is 0.755. The molecule has 21 heavy (non-hydrogen) atoms. The predicted molar refractivity (Wildman–Crippen MR) is 89.3 cm³/mol. The third kappa shape index (κ3) is 4.75. The molecule has 0 aliphatic rings. The Labute approximate surface area is 127 Å². The van der Waals surface area contributed by atoms with E-state index < -0.39 is 0 Å². The van der Waals surface area contributed by atoms with E-state index in [-0.39, 0.29) is 0 Å². The molecule has 1 aromatic carbocycles. The van der Waals surface area contributed by atoms with Crippen LogP contribution in [0.1, 0.15) is 37.1 Å². The fourth-order valence-corrected chi connectivity index (χ4v) is 2.14. The molecule has 2 rings (SSSR count). The van der Waals surface area contributed by atoms with Gasteiger partial charge in [-0.05, 0) is 30.4 Å². The largest absolute Gasteiger partial charge is 0.496 e. The van der Waals surface area contributed by atoms with Crippen molar-refractivity contribution < 1.29 is 4.74 Å². The lowest BCUT2D eigenvalue weighted by molar-refractivity contribution is 0.406. The van der Waals surface area contributed by atoms with Crippen LogP contribution in [0.5, 0.6) is 5.75 Å². The van der Waals surface area contributed by atoms with Crippen LogP contribution in [0.3, 0.4) is 0 Å². The molecule has 0 atom stereocenters. The number of methoxy groups -OCH3 is 1. The maximum absolute atomic E-state index is 5.50. The van der Waals surface area contributed by atoms with Crippen LogP contribution >= 0.6 is 0 Å². The first kappa shape index (κ1) is 15.3. The van der Waals surface area contributed by atoms with Crippen LogP contribution < -0.4 is 4.74 Å². The SMILES string of the molecule is COc1cc(/C=C/c2ccccc2)ncc1CCC(C)C. The zero-order valence-electron chi connectivity index (χ0n) is 13.0. The summed E-state index contributed by atoms with van der Waals surface area (Å²) in [5, 5.41) is 0. The van der Waals surface area contributed by atoms with Crippen molar-refractivity contribution in [2.24, 2.45) is 5.92 Å².